The molecule has 0 unspecified atom stereocenters. The van der Waals surface area contributed by atoms with Crippen molar-refractivity contribution in [3.8, 4) is 0 Å². The fourth-order valence-corrected chi connectivity index (χ4v) is 2.11. The van der Waals surface area contributed by atoms with Crippen LogP contribution in [0.4, 0.5) is 5.69 Å². The molecule has 2 heterocycles. The van der Waals surface area contributed by atoms with Gasteiger partial charge in [0.05, 0.1) is 5.92 Å². The molecule has 1 aromatic rings. The first kappa shape index (κ1) is 10.9. The van der Waals surface area contributed by atoms with Crippen LogP contribution in [0.2, 0.25) is 0 Å². The lowest BCUT2D eigenvalue weighted by Crippen LogP contribution is -2.36. The lowest BCUT2D eigenvalue weighted by atomic mass is 9.97. The van der Waals surface area contributed by atoms with Gasteiger partial charge in [0.2, 0.25) is 0 Å². The Hall–Kier alpha value is -1.58. The Labute approximate surface area is 94.9 Å². The molecule has 4 heteroatoms. The molecule has 0 saturated carbocycles. The average Bonchev–Trinajstić information content (AvgIpc) is 2.29. The van der Waals surface area contributed by atoms with Crippen molar-refractivity contribution in [2.45, 2.75) is 19.8 Å². The largest absolute Gasteiger partial charge is 0.481 e. The van der Waals surface area contributed by atoms with Crippen LogP contribution in [0.5, 0.6) is 0 Å². The third kappa shape index (κ3) is 2.32. The van der Waals surface area contributed by atoms with Crippen LogP contribution in [0, 0.1) is 12.8 Å². The second-order valence-electron chi connectivity index (χ2n) is 4.25. The molecule has 0 radical (unpaired) electrons. The second-order valence-corrected chi connectivity index (χ2v) is 4.25. The molecule has 1 aromatic heterocycles. The number of carbonyl (C=O) groups is 1. The van der Waals surface area contributed by atoms with Gasteiger partial charge in [0.15, 0.2) is 0 Å². The number of pyridine rings is 1. The van der Waals surface area contributed by atoms with E-state index < -0.39 is 5.97 Å². The van der Waals surface area contributed by atoms with Crippen molar-refractivity contribution in [2.24, 2.45) is 5.92 Å². The van der Waals surface area contributed by atoms with Gasteiger partial charge in [0.1, 0.15) is 0 Å². The lowest BCUT2D eigenvalue weighted by Gasteiger charge is -2.31. The maximum Gasteiger partial charge on any atom is 0.306 e. The molecule has 1 aliphatic heterocycles. The zero-order chi connectivity index (χ0) is 11.5. The van der Waals surface area contributed by atoms with Gasteiger partial charge in [-0.25, -0.2) is 0 Å². The first-order valence-electron chi connectivity index (χ1n) is 5.57. The monoisotopic (exact) mass is 220 g/mol. The summed E-state index contributed by atoms with van der Waals surface area (Å²) in [6.45, 7) is 3.61. The van der Waals surface area contributed by atoms with Crippen molar-refractivity contribution >= 4 is 11.7 Å². The highest BCUT2D eigenvalue weighted by Gasteiger charge is 2.24. The normalized spacial score (nSPS) is 17.4. The molecule has 1 saturated heterocycles. The summed E-state index contributed by atoms with van der Waals surface area (Å²) in [6.07, 6.45) is 3.27. The average molecular weight is 220 g/mol. The van der Waals surface area contributed by atoms with Crippen LogP contribution in [0.15, 0.2) is 18.3 Å². The van der Waals surface area contributed by atoms with E-state index >= 15 is 0 Å². The van der Waals surface area contributed by atoms with Gasteiger partial charge in [-0.05, 0) is 31.9 Å². The van der Waals surface area contributed by atoms with E-state index in [0.717, 1.165) is 37.3 Å². The predicted octanol–water partition coefficient (Wildman–Crippen LogP) is 1.69. The first-order chi connectivity index (χ1) is 7.66. The second kappa shape index (κ2) is 4.51. The highest BCUT2D eigenvalue weighted by atomic mass is 16.4. The number of carboxylic acid groups (broad SMARTS) is 1. The summed E-state index contributed by atoms with van der Waals surface area (Å²) >= 11 is 0. The number of hydrogen-bond acceptors (Lipinski definition) is 3. The highest BCUT2D eigenvalue weighted by Crippen LogP contribution is 2.23. The van der Waals surface area contributed by atoms with E-state index in [1.807, 2.05) is 19.1 Å². The number of piperidine rings is 1. The van der Waals surface area contributed by atoms with Gasteiger partial charge in [-0.2, -0.15) is 0 Å². The summed E-state index contributed by atoms with van der Waals surface area (Å²) in [5.41, 5.74) is 2.15. The quantitative estimate of drug-likeness (QED) is 0.824. The van der Waals surface area contributed by atoms with E-state index in [4.69, 9.17) is 5.11 Å². The van der Waals surface area contributed by atoms with E-state index in [2.05, 4.69) is 9.88 Å². The molecule has 2 rings (SSSR count). The Morgan fingerprint density at radius 3 is 2.75 bits per heavy atom. The van der Waals surface area contributed by atoms with Gasteiger partial charge >= 0.3 is 5.97 Å². The van der Waals surface area contributed by atoms with Crippen molar-refractivity contribution in [1.29, 1.82) is 0 Å². The van der Waals surface area contributed by atoms with Gasteiger partial charge in [0, 0.05) is 30.7 Å². The zero-order valence-electron chi connectivity index (χ0n) is 9.39. The Bertz CT molecular complexity index is 384. The molecule has 1 N–H and O–H groups in total. The molecule has 0 aromatic carbocycles. The van der Waals surface area contributed by atoms with E-state index in [9.17, 15) is 4.79 Å². The summed E-state index contributed by atoms with van der Waals surface area (Å²) in [7, 11) is 0. The summed E-state index contributed by atoms with van der Waals surface area (Å²) < 4.78 is 0. The Morgan fingerprint density at radius 1 is 1.50 bits per heavy atom. The summed E-state index contributed by atoms with van der Waals surface area (Å²) in [5, 5.41) is 8.91. The van der Waals surface area contributed by atoms with Gasteiger partial charge in [-0.1, -0.05) is 0 Å². The molecule has 0 atom stereocenters. The van der Waals surface area contributed by atoms with Crippen LogP contribution in [0.25, 0.3) is 0 Å². The number of aliphatic carboxylic acids is 1. The van der Waals surface area contributed by atoms with E-state index in [1.165, 1.54) is 0 Å². The van der Waals surface area contributed by atoms with Crippen LogP contribution in [-0.2, 0) is 4.79 Å². The van der Waals surface area contributed by atoms with Crippen molar-refractivity contribution in [3.05, 3.63) is 24.0 Å². The molecule has 0 spiro atoms. The Balaban J connectivity index is 2.01. The lowest BCUT2D eigenvalue weighted by molar-refractivity contribution is -0.142. The van der Waals surface area contributed by atoms with Crippen LogP contribution in [0.1, 0.15) is 18.5 Å². The number of anilines is 1. The molecule has 0 aliphatic carbocycles. The minimum absolute atomic E-state index is 0.167. The molecule has 86 valence electrons. The van der Waals surface area contributed by atoms with Crippen LogP contribution < -0.4 is 4.90 Å². The SMILES string of the molecule is Cc1cc(N2CCC(C(=O)O)CC2)ccn1. The smallest absolute Gasteiger partial charge is 0.306 e. The van der Waals surface area contributed by atoms with E-state index in [-0.39, 0.29) is 5.92 Å². The van der Waals surface area contributed by atoms with E-state index in [0.29, 0.717) is 0 Å². The first-order valence-corrected chi connectivity index (χ1v) is 5.57. The number of hydrogen-bond donors (Lipinski definition) is 1. The number of carboxylic acids is 1. The van der Waals surface area contributed by atoms with Gasteiger partial charge in [0.25, 0.3) is 0 Å². The standard InChI is InChI=1S/C12H16N2O2/c1-9-8-11(2-5-13-9)14-6-3-10(4-7-14)12(15)16/h2,5,8,10H,3-4,6-7H2,1H3,(H,15,16). The number of rotatable bonds is 2. The zero-order valence-corrected chi connectivity index (χ0v) is 9.39. The summed E-state index contributed by atoms with van der Waals surface area (Å²) in [5.74, 6) is -0.829. The minimum atomic E-state index is -0.662. The summed E-state index contributed by atoms with van der Waals surface area (Å²) in [4.78, 5) is 17.2. The van der Waals surface area contributed by atoms with E-state index in [1.54, 1.807) is 6.20 Å². The molecular weight excluding hydrogens is 204 g/mol. The highest BCUT2D eigenvalue weighted by molar-refractivity contribution is 5.70. The van der Waals surface area contributed by atoms with Gasteiger partial charge in [-0.3, -0.25) is 9.78 Å². The molecule has 4 nitrogen and oxygen atoms in total. The molecular formula is C12H16N2O2. The van der Waals surface area contributed by atoms with Crippen molar-refractivity contribution < 1.29 is 9.90 Å². The predicted molar refractivity (Wildman–Crippen MR) is 61.5 cm³/mol. The van der Waals surface area contributed by atoms with Crippen molar-refractivity contribution in [3.63, 3.8) is 0 Å². The van der Waals surface area contributed by atoms with Crippen LogP contribution >= 0.6 is 0 Å². The fraction of sp³-hybridized carbons (Fsp3) is 0.500. The van der Waals surface area contributed by atoms with Crippen LogP contribution in [0.3, 0.4) is 0 Å². The third-order valence-corrected chi connectivity index (χ3v) is 3.09. The van der Waals surface area contributed by atoms with Crippen molar-refractivity contribution in [1.82, 2.24) is 4.98 Å². The summed E-state index contributed by atoms with van der Waals surface area (Å²) in [6, 6.07) is 4.02. The third-order valence-electron chi connectivity index (χ3n) is 3.09. The van der Waals surface area contributed by atoms with Gasteiger partial charge in [-0.15, -0.1) is 0 Å². The number of nitrogens with zero attached hydrogens (tertiary/aromatic N) is 2. The maximum absolute atomic E-state index is 10.8. The Morgan fingerprint density at radius 2 is 2.19 bits per heavy atom. The molecule has 0 bridgehead atoms. The number of aromatic nitrogens is 1. The molecule has 1 aliphatic rings. The number of aryl methyl sites for hydroxylation is 1. The van der Waals surface area contributed by atoms with Gasteiger partial charge < -0.3 is 10.0 Å². The van der Waals surface area contributed by atoms with Crippen molar-refractivity contribution in [2.75, 3.05) is 18.0 Å². The maximum atomic E-state index is 10.8. The minimum Gasteiger partial charge on any atom is -0.481 e. The topological polar surface area (TPSA) is 53.4 Å². The molecule has 16 heavy (non-hydrogen) atoms. The van der Waals surface area contributed by atoms with Crippen LogP contribution in [-0.4, -0.2) is 29.1 Å². The molecule has 1 fully saturated rings. The molecule has 0 amide bonds. The fourth-order valence-electron chi connectivity index (χ4n) is 2.11. The Kier molecular flexibility index (Phi) is 3.08.